The Morgan fingerprint density at radius 2 is 0.979 bits per heavy atom. The summed E-state index contributed by atoms with van der Waals surface area (Å²) in [6.07, 6.45) is 6.08. The second-order valence-corrected chi connectivity index (χ2v) is 25.4. The van der Waals surface area contributed by atoms with Crippen molar-refractivity contribution in [1.82, 2.24) is 9.80 Å². The summed E-state index contributed by atoms with van der Waals surface area (Å²) in [6, 6.07) is 36.7. The molecule has 14 nitrogen and oxygen atoms in total. The van der Waals surface area contributed by atoms with Crippen LogP contribution in [0.4, 0.5) is 50.4 Å². The van der Waals surface area contributed by atoms with Gasteiger partial charge in [0.25, 0.3) is 11.8 Å². The van der Waals surface area contributed by atoms with Crippen LogP contribution in [0.25, 0.3) is 0 Å². The van der Waals surface area contributed by atoms with Crippen LogP contribution in [-0.2, 0) is 15.8 Å². The minimum absolute atomic E-state index is 0.0260. The highest BCUT2D eigenvalue weighted by Crippen LogP contribution is 2.42. The molecule has 0 aromatic heterocycles. The van der Waals surface area contributed by atoms with E-state index >= 15 is 0 Å². The highest BCUT2D eigenvalue weighted by atomic mass is 127. The molecule has 0 unspecified atom stereocenters. The third-order valence-corrected chi connectivity index (χ3v) is 18.5. The zero-order valence-corrected chi connectivity index (χ0v) is 55.7. The molecule has 2 aliphatic carbocycles. The number of benzene rings is 7. The highest BCUT2D eigenvalue weighted by Gasteiger charge is 2.43. The van der Waals surface area contributed by atoms with Gasteiger partial charge in [-0.3, -0.25) is 19.2 Å². The molecule has 4 fully saturated rings. The van der Waals surface area contributed by atoms with Gasteiger partial charge in [-0.25, -0.2) is 8.78 Å². The summed E-state index contributed by atoms with van der Waals surface area (Å²) >= 11 is 2.29. The fourth-order valence-corrected chi connectivity index (χ4v) is 12.8. The Morgan fingerprint density at radius 1 is 0.547 bits per heavy atom. The van der Waals surface area contributed by atoms with Crippen LogP contribution in [0.1, 0.15) is 172 Å². The van der Waals surface area contributed by atoms with Crippen LogP contribution in [-0.4, -0.2) is 80.9 Å². The number of aliphatic carboxylic acids is 1. The van der Waals surface area contributed by atoms with Crippen LogP contribution in [0.3, 0.4) is 0 Å². The number of carbonyl (C=O) groups excluding carboxylic acids is 3. The number of anilines is 5. The number of carboxylic acids is 1. The van der Waals surface area contributed by atoms with Crippen molar-refractivity contribution in [2.24, 2.45) is 11.8 Å². The molecule has 7 aromatic rings. The molecule has 0 radical (unpaired) electrons. The quantitative estimate of drug-likeness (QED) is 0.0263. The van der Waals surface area contributed by atoms with Gasteiger partial charge in [-0.1, -0.05) is 86.3 Å². The van der Waals surface area contributed by atoms with Gasteiger partial charge in [-0.15, -0.1) is 0 Å². The number of carboxylic acid groups (broad SMARTS) is 1. The van der Waals surface area contributed by atoms with Crippen LogP contribution < -0.4 is 27.4 Å². The fraction of sp³-hybridized carbons (Fsp3) is 0.378. The first kappa shape index (κ1) is 61.8. The van der Waals surface area contributed by atoms with Crippen molar-refractivity contribution in [1.29, 1.82) is 0 Å². The van der Waals surface area contributed by atoms with Crippen molar-refractivity contribution in [3.05, 3.63) is 216 Å². The molecule has 10 N–H and O–H groups in total. The van der Waals surface area contributed by atoms with Gasteiger partial charge in [0, 0.05) is 69.5 Å². The lowest BCUT2D eigenvalue weighted by Gasteiger charge is -2.41. The van der Waals surface area contributed by atoms with E-state index in [0.717, 1.165) is 78.8 Å². The van der Waals surface area contributed by atoms with Crippen LogP contribution >= 0.6 is 22.6 Å². The van der Waals surface area contributed by atoms with E-state index in [0.29, 0.717) is 78.3 Å². The van der Waals surface area contributed by atoms with Crippen LogP contribution in [0.2, 0.25) is 6.75 Å². The summed E-state index contributed by atoms with van der Waals surface area (Å²) in [4.78, 5) is 56.1. The molecular formula is C74H88BF5IN7O7. The number of hydrogen-bond donors (Lipinski definition) is 8. The molecule has 7 aromatic carbocycles. The second kappa shape index (κ2) is 34.6. The average Bonchev–Trinajstić information content (AvgIpc) is 0.778. The van der Waals surface area contributed by atoms with Crippen molar-refractivity contribution < 1.29 is 68.6 Å². The van der Waals surface area contributed by atoms with Crippen LogP contribution in [0.5, 0.6) is 0 Å². The Kier molecular flexibility index (Phi) is 22.5. The molecule has 0 bridgehead atoms. The van der Waals surface area contributed by atoms with Gasteiger partial charge in [-0.05, 0) is 245 Å². The van der Waals surface area contributed by atoms with E-state index in [1.807, 2.05) is 66.7 Å². The van der Waals surface area contributed by atoms with Gasteiger partial charge < -0.3 is 52.4 Å². The third-order valence-electron chi connectivity index (χ3n) is 17.3. The lowest BCUT2D eigenvalue weighted by molar-refractivity contribution is -0.145. The van der Waals surface area contributed by atoms with E-state index in [9.17, 15) is 46.2 Å². The third kappa shape index (κ3) is 20.7. The number of carbonyl (C=O) groups is 4. The molecule has 4 atom stereocenters. The fourth-order valence-electron chi connectivity index (χ4n) is 12.5. The highest BCUT2D eigenvalue weighted by molar-refractivity contribution is 14.1. The molecule has 95 heavy (non-hydrogen) atoms. The number of nitrogens with zero attached hydrogens (tertiary/aromatic N) is 2. The van der Waals surface area contributed by atoms with E-state index in [4.69, 9.17) is 33.9 Å². The maximum absolute atomic E-state index is 15.0. The number of likely N-dealkylation sites (tertiary alicyclic amines) is 2. The molecule has 506 valence electrons. The number of amides is 3. The number of nitrogen functional groups attached to an aromatic ring is 2. The normalized spacial score (nSPS) is 19.6. The predicted molar refractivity (Wildman–Crippen MR) is 377 cm³/mol. The molecule has 4 aliphatic rings. The number of alkyl halides is 3. The van der Waals surface area contributed by atoms with Gasteiger partial charge >= 0.3 is 19.3 Å². The summed E-state index contributed by atoms with van der Waals surface area (Å²) in [7, 11) is -2.20. The molecule has 2 heterocycles. The summed E-state index contributed by atoms with van der Waals surface area (Å²) < 4.78 is 135. The second-order valence-electron chi connectivity index (χ2n) is 24.3. The number of hydrogen-bond acceptors (Lipinski definition) is 10. The molecular weight excluding hydrogens is 1330 g/mol. The Morgan fingerprint density at radius 3 is 1.39 bits per heavy atom. The van der Waals surface area contributed by atoms with Crippen molar-refractivity contribution in [2.75, 3.05) is 40.5 Å². The first-order valence-corrected chi connectivity index (χ1v) is 32.7. The van der Waals surface area contributed by atoms with Gasteiger partial charge in [0.15, 0.2) is 0 Å². The topological polar surface area (TPSA) is 224 Å². The van der Waals surface area contributed by atoms with Crippen molar-refractivity contribution >= 4 is 81.8 Å². The largest absolute Gasteiger partial charge is 0.481 e. The van der Waals surface area contributed by atoms with Crippen molar-refractivity contribution in [3.63, 3.8) is 0 Å². The van der Waals surface area contributed by atoms with Gasteiger partial charge in [0.2, 0.25) is 5.91 Å². The lowest BCUT2D eigenvalue weighted by Crippen LogP contribution is -2.46. The number of piperidine rings is 2. The minimum atomic E-state index is -4.97. The smallest absolute Gasteiger partial charge is 0.448 e. The summed E-state index contributed by atoms with van der Waals surface area (Å²) in [5.74, 6) is -5.46. The SMILES string of the molecule is Cc1cc(N)ccc1I.Cc1cccc(F)c1C(=O)N1CCC[C@H](C(=O)O)[C@@H]1c1ccc(NC2CCCC2)cc1.[2H]C([2H])([2H])B(O)O.[2H]C([2H])([2H])c1ccc(N)cc1C.[2H]C([2H])([2H])c1ccc(NC(=O)[C@H]2CCCN(C(=O)c3c(C)cccc3F)[C@H]2c2ccc(NC3CCCC3)cc2)cc1C(F)(F)F. The van der Waals surface area contributed by atoms with Crippen molar-refractivity contribution in [2.45, 2.75) is 156 Å². The monoisotopic (exact) mass is 1430 g/mol. The molecule has 0 spiro atoms. The van der Waals surface area contributed by atoms with Crippen LogP contribution in [0.15, 0.2) is 140 Å². The first-order chi connectivity index (χ1) is 48.7. The van der Waals surface area contributed by atoms with E-state index < -0.39 is 104 Å². The molecule has 21 heteroatoms. The standard InChI is InChI=1S/C33H35F4N3O2.C25H29FN2O3.C8H11N.C7H8IN.CH5BO2/c1-20-12-15-25(19-27(20)33(35,36)37)39-31(41)26-10-6-18-40(32(42)29-21(2)7-5-11-28(29)34)30(26)22-13-16-24(17-14-22)38-23-8-3-4-9-23;1-16-6-4-10-21(26)22(16)24(29)28-15-5-9-20(25(30)31)23(28)17-11-13-19(14-12-17)27-18-7-2-3-8-18;1-6-3-4-8(9)5-7(6)2;1-5-4-6(9)2-3-7(5)8;1-2(3)4/h5,7,11-17,19,23,26,30,38H,3-4,6,8-10,18H2,1-2H3,(H,39,41);4,6,10-14,18,20,23,27H,2-3,5,7-9,15H2,1H3,(H,30,31);3-5H,9H2,1-2H3;2-4H,9H2,1H3;3-4H,1H3/t26-,30-;20-,23-;;;/m00.../s1/i1D3;;1D3;;1D3. The number of aryl methyl sites for hydroxylation is 6. The molecule has 2 saturated heterocycles. The molecule has 2 aliphatic heterocycles. The molecule has 11 rings (SSSR count). The average molecular weight is 1430 g/mol. The van der Waals surface area contributed by atoms with E-state index in [2.05, 4.69) is 45.5 Å². The van der Waals surface area contributed by atoms with Crippen molar-refractivity contribution in [3.8, 4) is 0 Å². The van der Waals surface area contributed by atoms with Gasteiger partial charge in [-0.2, -0.15) is 13.2 Å². The first-order valence-electron chi connectivity index (χ1n) is 36.1. The summed E-state index contributed by atoms with van der Waals surface area (Å²) in [5.41, 5.74) is 16.5. The Labute approximate surface area is 581 Å². The zero-order chi connectivity index (χ0) is 76.8. The maximum atomic E-state index is 15.0. The number of nitrogens with two attached hydrogens (primary N) is 2. The van der Waals surface area contributed by atoms with Crippen LogP contribution in [0, 0.1) is 68.4 Å². The lowest BCUT2D eigenvalue weighted by atomic mass is 9.83. The van der Waals surface area contributed by atoms with E-state index in [-0.39, 0.29) is 23.4 Å². The maximum Gasteiger partial charge on any atom is 0.448 e. The number of halogens is 6. The Hall–Kier alpha value is -8.02. The minimum Gasteiger partial charge on any atom is -0.481 e. The number of nitrogens with one attached hydrogen (secondary N) is 3. The zero-order valence-electron chi connectivity index (χ0n) is 62.5. The van der Waals surface area contributed by atoms with Gasteiger partial charge in [0.05, 0.1) is 40.6 Å². The van der Waals surface area contributed by atoms with E-state index in [1.165, 1.54) is 45.1 Å². The molecule has 2 saturated carbocycles. The number of rotatable bonds is 11. The Bertz CT molecular complexity index is 4050. The van der Waals surface area contributed by atoms with E-state index in [1.54, 1.807) is 62.1 Å². The summed E-state index contributed by atoms with van der Waals surface area (Å²) in [6.45, 7) is 0.107. The molecule has 3 amide bonds. The summed E-state index contributed by atoms with van der Waals surface area (Å²) in [5, 5.41) is 35.2. The predicted octanol–water partition coefficient (Wildman–Crippen LogP) is 16.4. The van der Waals surface area contributed by atoms with Gasteiger partial charge in [0.1, 0.15) is 11.6 Å². The Balaban J connectivity index is 0.000000218.